The molecule has 1 saturated carbocycles. The van der Waals surface area contributed by atoms with Gasteiger partial charge in [-0.15, -0.1) is 0 Å². The van der Waals surface area contributed by atoms with Gasteiger partial charge < -0.3 is 10.2 Å². The van der Waals surface area contributed by atoms with Crippen LogP contribution in [0, 0.1) is 0 Å². The summed E-state index contributed by atoms with van der Waals surface area (Å²) in [6.07, 6.45) is 2.48. The lowest BCUT2D eigenvalue weighted by Gasteiger charge is -2.34. The molecule has 2 atom stereocenters. The van der Waals surface area contributed by atoms with E-state index in [4.69, 9.17) is 0 Å². The van der Waals surface area contributed by atoms with Crippen molar-refractivity contribution >= 4 is 0 Å². The molecule has 19 heavy (non-hydrogen) atoms. The van der Waals surface area contributed by atoms with Gasteiger partial charge in [0.1, 0.15) is 5.67 Å². The fourth-order valence-electron chi connectivity index (χ4n) is 3.00. The molecule has 0 bridgehead atoms. The van der Waals surface area contributed by atoms with Crippen molar-refractivity contribution in [2.75, 3.05) is 26.7 Å². The van der Waals surface area contributed by atoms with Crippen molar-refractivity contribution in [1.29, 1.82) is 0 Å². The molecule has 2 nitrogen and oxygen atoms in total. The summed E-state index contributed by atoms with van der Waals surface area (Å²) in [6.45, 7) is 2.28. The van der Waals surface area contributed by atoms with Gasteiger partial charge in [-0.3, -0.25) is 0 Å². The zero-order valence-electron chi connectivity index (χ0n) is 11.6. The summed E-state index contributed by atoms with van der Waals surface area (Å²) in [5.74, 6) is 0.594. The Bertz CT molecular complexity index is 412. The molecule has 1 aliphatic carbocycles. The summed E-state index contributed by atoms with van der Waals surface area (Å²) in [7, 11) is 2.07. The summed E-state index contributed by atoms with van der Waals surface area (Å²) in [5, 5.41) is 3.44. The summed E-state index contributed by atoms with van der Waals surface area (Å²) >= 11 is 0. The highest BCUT2D eigenvalue weighted by Gasteiger charge is 2.41. The third-order valence-corrected chi connectivity index (χ3v) is 4.58. The first-order valence-electron chi connectivity index (χ1n) is 7.32. The maximum absolute atomic E-state index is 14.6. The summed E-state index contributed by atoms with van der Waals surface area (Å²) < 4.78 is 14.6. The number of nitrogens with one attached hydrogen (secondary N) is 1. The van der Waals surface area contributed by atoms with Gasteiger partial charge in [0.15, 0.2) is 0 Å². The number of piperidine rings is 1. The van der Waals surface area contributed by atoms with Crippen LogP contribution in [0.2, 0.25) is 0 Å². The Morgan fingerprint density at radius 2 is 1.95 bits per heavy atom. The average molecular weight is 262 g/mol. The van der Waals surface area contributed by atoms with Gasteiger partial charge in [0, 0.05) is 31.6 Å². The molecule has 1 saturated heterocycles. The minimum Gasteiger partial charge on any atom is -0.310 e. The van der Waals surface area contributed by atoms with Crippen LogP contribution in [0.1, 0.15) is 30.7 Å². The van der Waals surface area contributed by atoms with E-state index in [9.17, 15) is 4.39 Å². The minimum absolute atomic E-state index is 0.481. The third-order valence-electron chi connectivity index (χ3n) is 4.58. The second kappa shape index (κ2) is 5.22. The molecule has 0 unspecified atom stereocenters. The third kappa shape index (κ3) is 3.15. The molecule has 0 spiro atoms. The Kier molecular flexibility index (Phi) is 3.59. The molecule has 2 fully saturated rings. The number of alkyl halides is 1. The van der Waals surface area contributed by atoms with E-state index in [1.54, 1.807) is 0 Å². The molecule has 2 aliphatic rings. The second-order valence-corrected chi connectivity index (χ2v) is 6.19. The van der Waals surface area contributed by atoms with Gasteiger partial charge in [-0.05, 0) is 31.9 Å². The van der Waals surface area contributed by atoms with Gasteiger partial charge in [-0.1, -0.05) is 30.3 Å². The van der Waals surface area contributed by atoms with Crippen LogP contribution >= 0.6 is 0 Å². The van der Waals surface area contributed by atoms with E-state index in [1.807, 2.05) is 6.07 Å². The van der Waals surface area contributed by atoms with Crippen LogP contribution in [0.15, 0.2) is 30.3 Å². The molecule has 104 valence electrons. The van der Waals surface area contributed by atoms with E-state index >= 15 is 0 Å². The number of rotatable bonds is 4. The topological polar surface area (TPSA) is 15.3 Å². The SMILES string of the molecule is CN1CCC(F)(CN[C@@H]2C[C@H]2c2ccccc2)CC1. The number of hydrogen-bond acceptors (Lipinski definition) is 2. The van der Waals surface area contributed by atoms with Crippen molar-refractivity contribution in [2.45, 2.75) is 36.9 Å². The molecular weight excluding hydrogens is 239 g/mol. The normalized spacial score (nSPS) is 30.2. The summed E-state index contributed by atoms with van der Waals surface area (Å²) in [6, 6.07) is 11.0. The lowest BCUT2D eigenvalue weighted by molar-refractivity contribution is 0.0686. The van der Waals surface area contributed by atoms with Gasteiger partial charge >= 0.3 is 0 Å². The predicted octanol–water partition coefficient (Wildman–Crippen LogP) is 2.57. The first-order valence-corrected chi connectivity index (χ1v) is 7.32. The molecule has 3 rings (SSSR count). The number of likely N-dealkylation sites (tertiary alicyclic amines) is 1. The Balaban J connectivity index is 1.47. The zero-order chi connectivity index (χ0) is 13.3. The summed E-state index contributed by atoms with van der Waals surface area (Å²) in [5.41, 5.74) is 0.396. The quantitative estimate of drug-likeness (QED) is 0.897. The van der Waals surface area contributed by atoms with E-state index in [-0.39, 0.29) is 0 Å². The highest BCUT2D eigenvalue weighted by molar-refractivity contribution is 5.27. The van der Waals surface area contributed by atoms with Crippen molar-refractivity contribution in [3.05, 3.63) is 35.9 Å². The standard InChI is InChI=1S/C16H23FN2/c1-19-9-7-16(17,8-10-19)12-18-15-11-14(15)13-5-3-2-4-6-13/h2-6,14-15,18H,7-12H2,1H3/t14-,15+/m0/s1. The van der Waals surface area contributed by atoms with Crippen LogP contribution in [-0.2, 0) is 0 Å². The van der Waals surface area contributed by atoms with E-state index in [0.717, 1.165) is 19.5 Å². The van der Waals surface area contributed by atoms with Crippen molar-refractivity contribution in [3.63, 3.8) is 0 Å². The van der Waals surface area contributed by atoms with Crippen LogP contribution < -0.4 is 5.32 Å². The van der Waals surface area contributed by atoms with E-state index in [0.29, 0.717) is 31.3 Å². The number of benzene rings is 1. The van der Waals surface area contributed by atoms with Crippen molar-refractivity contribution < 1.29 is 4.39 Å². The largest absolute Gasteiger partial charge is 0.310 e. The predicted molar refractivity (Wildman–Crippen MR) is 76.2 cm³/mol. The number of hydrogen-bond donors (Lipinski definition) is 1. The molecule has 0 amide bonds. The summed E-state index contributed by atoms with van der Waals surface area (Å²) in [4.78, 5) is 2.21. The average Bonchev–Trinajstić information content (AvgIpc) is 3.21. The van der Waals surface area contributed by atoms with Crippen LogP contribution in [0.25, 0.3) is 0 Å². The van der Waals surface area contributed by atoms with Crippen LogP contribution in [-0.4, -0.2) is 43.3 Å². The fraction of sp³-hybridized carbons (Fsp3) is 0.625. The Morgan fingerprint density at radius 3 is 2.63 bits per heavy atom. The van der Waals surface area contributed by atoms with Crippen LogP contribution in [0.5, 0.6) is 0 Å². The number of halogens is 1. The van der Waals surface area contributed by atoms with Crippen molar-refractivity contribution in [3.8, 4) is 0 Å². The Hall–Kier alpha value is -0.930. The van der Waals surface area contributed by atoms with Gasteiger partial charge in [0.05, 0.1) is 0 Å². The first-order chi connectivity index (χ1) is 9.16. The molecule has 1 N–H and O–H groups in total. The van der Waals surface area contributed by atoms with E-state index < -0.39 is 5.67 Å². The molecule has 1 aliphatic heterocycles. The Labute approximate surface area is 115 Å². The molecular formula is C16H23FN2. The highest BCUT2D eigenvalue weighted by Crippen LogP contribution is 2.41. The van der Waals surface area contributed by atoms with Crippen LogP contribution in [0.3, 0.4) is 0 Å². The second-order valence-electron chi connectivity index (χ2n) is 6.19. The minimum atomic E-state index is -0.990. The molecule has 0 aromatic heterocycles. The smallest absolute Gasteiger partial charge is 0.125 e. The first kappa shape index (κ1) is 13.1. The van der Waals surface area contributed by atoms with Gasteiger partial charge in [0.25, 0.3) is 0 Å². The lowest BCUT2D eigenvalue weighted by Crippen LogP contribution is -2.46. The zero-order valence-corrected chi connectivity index (χ0v) is 11.6. The van der Waals surface area contributed by atoms with Gasteiger partial charge in [-0.2, -0.15) is 0 Å². The van der Waals surface area contributed by atoms with E-state index in [2.05, 4.69) is 41.5 Å². The molecule has 3 heteroatoms. The van der Waals surface area contributed by atoms with Crippen LogP contribution in [0.4, 0.5) is 4.39 Å². The number of nitrogens with zero attached hydrogens (tertiary/aromatic N) is 1. The van der Waals surface area contributed by atoms with Gasteiger partial charge in [0.2, 0.25) is 0 Å². The lowest BCUT2D eigenvalue weighted by atomic mass is 9.93. The maximum atomic E-state index is 14.6. The van der Waals surface area contributed by atoms with E-state index in [1.165, 1.54) is 5.56 Å². The molecule has 1 heterocycles. The van der Waals surface area contributed by atoms with Gasteiger partial charge in [-0.25, -0.2) is 4.39 Å². The maximum Gasteiger partial charge on any atom is 0.125 e. The molecule has 0 radical (unpaired) electrons. The van der Waals surface area contributed by atoms with Crippen molar-refractivity contribution in [2.24, 2.45) is 0 Å². The molecule has 1 aromatic carbocycles. The molecule has 1 aromatic rings. The monoisotopic (exact) mass is 262 g/mol. The highest BCUT2D eigenvalue weighted by atomic mass is 19.1. The fourth-order valence-corrected chi connectivity index (χ4v) is 3.00. The Morgan fingerprint density at radius 1 is 1.26 bits per heavy atom. The van der Waals surface area contributed by atoms with Crippen molar-refractivity contribution in [1.82, 2.24) is 10.2 Å².